The predicted molar refractivity (Wildman–Crippen MR) is 83.6 cm³/mol. The van der Waals surface area contributed by atoms with Crippen molar-refractivity contribution in [2.45, 2.75) is 64.2 Å². The zero-order valence-electron chi connectivity index (χ0n) is 13.4. The first-order valence-electron chi connectivity index (χ1n) is 8.05. The van der Waals surface area contributed by atoms with Crippen molar-refractivity contribution in [2.75, 3.05) is 0 Å². The summed E-state index contributed by atoms with van der Waals surface area (Å²) in [7, 11) is 0. The molecular formula is C18H23F3N2. The van der Waals surface area contributed by atoms with Gasteiger partial charge in [-0.25, -0.2) is 0 Å². The van der Waals surface area contributed by atoms with Crippen molar-refractivity contribution in [1.82, 2.24) is 5.32 Å². The third-order valence-corrected chi connectivity index (χ3v) is 4.69. The molecule has 126 valence electrons. The Bertz CT molecular complexity index is 552. The molecule has 0 radical (unpaired) electrons. The molecule has 1 N–H and O–H groups in total. The minimum atomic E-state index is -4.17. The van der Waals surface area contributed by atoms with E-state index < -0.39 is 12.6 Å². The van der Waals surface area contributed by atoms with E-state index in [1.54, 1.807) is 12.1 Å². The van der Waals surface area contributed by atoms with Crippen LogP contribution in [0.5, 0.6) is 0 Å². The van der Waals surface area contributed by atoms with Gasteiger partial charge in [-0.15, -0.1) is 0 Å². The molecule has 0 aliphatic heterocycles. The first kappa shape index (κ1) is 17.8. The zero-order valence-corrected chi connectivity index (χ0v) is 13.4. The zero-order chi connectivity index (χ0) is 16.9. The Morgan fingerprint density at radius 2 is 1.91 bits per heavy atom. The maximum absolute atomic E-state index is 12.4. The van der Waals surface area contributed by atoms with E-state index in [0.717, 1.165) is 31.2 Å². The highest BCUT2D eigenvalue weighted by Gasteiger charge is 2.30. The fourth-order valence-corrected chi connectivity index (χ4v) is 3.23. The molecule has 1 aromatic rings. The fraction of sp³-hybridized carbons (Fsp3) is 0.611. The smallest absolute Gasteiger partial charge is 0.310 e. The lowest BCUT2D eigenvalue weighted by Crippen LogP contribution is -2.36. The van der Waals surface area contributed by atoms with Crippen LogP contribution in [0.4, 0.5) is 13.2 Å². The number of nitrogens with zero attached hydrogens (tertiary/aromatic N) is 1. The first-order chi connectivity index (χ1) is 10.8. The van der Waals surface area contributed by atoms with Crippen molar-refractivity contribution < 1.29 is 13.2 Å². The molecule has 1 aliphatic rings. The Balaban J connectivity index is 1.83. The summed E-state index contributed by atoms with van der Waals surface area (Å²) < 4.78 is 37.3. The van der Waals surface area contributed by atoms with Gasteiger partial charge in [0.2, 0.25) is 0 Å². The van der Waals surface area contributed by atoms with Crippen molar-refractivity contribution in [2.24, 2.45) is 5.41 Å². The fourth-order valence-electron chi connectivity index (χ4n) is 3.23. The molecule has 0 heterocycles. The van der Waals surface area contributed by atoms with E-state index in [0.29, 0.717) is 24.6 Å². The molecule has 0 aromatic heterocycles. The maximum atomic E-state index is 12.4. The van der Waals surface area contributed by atoms with Crippen LogP contribution in [0.2, 0.25) is 0 Å². The summed E-state index contributed by atoms with van der Waals surface area (Å²) in [4.78, 5) is 0. The average Bonchev–Trinajstić information content (AvgIpc) is 2.45. The molecule has 1 fully saturated rings. The van der Waals surface area contributed by atoms with Gasteiger partial charge < -0.3 is 5.32 Å². The number of nitriles is 1. The average molecular weight is 324 g/mol. The van der Waals surface area contributed by atoms with Gasteiger partial charge in [-0.05, 0) is 42.2 Å². The van der Waals surface area contributed by atoms with Crippen LogP contribution in [-0.2, 0) is 13.0 Å². The predicted octanol–water partition coefficient (Wildman–Crippen LogP) is 4.74. The molecule has 0 unspecified atom stereocenters. The molecule has 23 heavy (non-hydrogen) atoms. The van der Waals surface area contributed by atoms with Crippen molar-refractivity contribution in [3.63, 3.8) is 0 Å². The van der Waals surface area contributed by atoms with E-state index in [1.807, 2.05) is 6.07 Å². The number of hydrogen-bond donors (Lipinski definition) is 1. The van der Waals surface area contributed by atoms with Gasteiger partial charge in [0.1, 0.15) is 0 Å². The molecule has 1 saturated carbocycles. The number of hydrogen-bond acceptors (Lipinski definition) is 2. The molecule has 0 saturated heterocycles. The van der Waals surface area contributed by atoms with E-state index in [4.69, 9.17) is 5.26 Å². The van der Waals surface area contributed by atoms with Gasteiger partial charge in [0.15, 0.2) is 0 Å². The highest BCUT2D eigenvalue weighted by Crippen LogP contribution is 2.38. The molecule has 0 bridgehead atoms. The molecule has 1 aromatic carbocycles. The summed E-state index contributed by atoms with van der Waals surface area (Å²) in [5.74, 6) is 0. The van der Waals surface area contributed by atoms with Crippen molar-refractivity contribution in [1.29, 1.82) is 5.26 Å². The number of alkyl halides is 3. The van der Waals surface area contributed by atoms with E-state index in [9.17, 15) is 13.2 Å². The monoisotopic (exact) mass is 324 g/mol. The summed E-state index contributed by atoms with van der Waals surface area (Å²) >= 11 is 0. The summed E-state index contributed by atoms with van der Waals surface area (Å²) in [6.07, 6.45) is -0.379. The Hall–Kier alpha value is -1.54. The summed E-state index contributed by atoms with van der Waals surface area (Å²) in [6.45, 7) is 2.75. The van der Waals surface area contributed by atoms with E-state index in [1.165, 1.54) is 6.07 Å². The Labute approximate surface area is 135 Å². The largest absolute Gasteiger partial charge is 0.393 e. The number of nitrogens with one attached hydrogen (secondary N) is 1. The van der Waals surface area contributed by atoms with Crippen LogP contribution in [0, 0.1) is 16.7 Å². The van der Waals surface area contributed by atoms with Crippen molar-refractivity contribution in [3.8, 4) is 6.07 Å². The van der Waals surface area contributed by atoms with Gasteiger partial charge in [0, 0.05) is 19.0 Å². The van der Waals surface area contributed by atoms with Gasteiger partial charge >= 0.3 is 6.18 Å². The van der Waals surface area contributed by atoms with Crippen LogP contribution in [-0.4, -0.2) is 12.2 Å². The Morgan fingerprint density at radius 3 is 2.52 bits per heavy atom. The quantitative estimate of drug-likeness (QED) is 0.849. The lowest BCUT2D eigenvalue weighted by atomic mass is 9.72. The number of halogens is 3. The van der Waals surface area contributed by atoms with Gasteiger partial charge in [0.05, 0.1) is 12.5 Å². The van der Waals surface area contributed by atoms with Crippen LogP contribution in [0.3, 0.4) is 0 Å². The minimum Gasteiger partial charge on any atom is -0.310 e. The lowest BCUT2D eigenvalue weighted by Gasteiger charge is -2.36. The summed E-state index contributed by atoms with van der Waals surface area (Å²) in [5, 5.41) is 12.3. The van der Waals surface area contributed by atoms with Gasteiger partial charge in [-0.1, -0.05) is 31.2 Å². The normalized spacial score (nSPS) is 25.1. The van der Waals surface area contributed by atoms with Gasteiger partial charge in [-0.2, -0.15) is 18.4 Å². The second-order valence-electron chi connectivity index (χ2n) is 6.91. The summed E-state index contributed by atoms with van der Waals surface area (Å²) in [5.41, 5.74) is 1.32. The molecule has 0 atom stereocenters. The van der Waals surface area contributed by atoms with Crippen LogP contribution in [0.1, 0.15) is 50.2 Å². The third kappa shape index (κ3) is 5.87. The van der Waals surface area contributed by atoms with Crippen LogP contribution in [0.15, 0.2) is 24.3 Å². The molecule has 0 spiro atoms. The van der Waals surface area contributed by atoms with Gasteiger partial charge in [0.25, 0.3) is 0 Å². The molecule has 5 heteroatoms. The standard InChI is InChI=1S/C18H23F3N2/c1-17(9-10-22)7-5-16(6-8-17)23-13-15-4-2-3-14(11-15)12-18(19,20)21/h2-4,11,16,23H,5-9,12-13H2,1H3/t16-,17+. The van der Waals surface area contributed by atoms with E-state index >= 15 is 0 Å². The van der Waals surface area contributed by atoms with E-state index in [-0.39, 0.29) is 5.41 Å². The van der Waals surface area contributed by atoms with Crippen LogP contribution >= 0.6 is 0 Å². The molecule has 1 aliphatic carbocycles. The second kappa shape index (κ2) is 7.35. The second-order valence-corrected chi connectivity index (χ2v) is 6.91. The minimum absolute atomic E-state index is 0.125. The van der Waals surface area contributed by atoms with Crippen LogP contribution < -0.4 is 5.32 Å². The highest BCUT2D eigenvalue weighted by molar-refractivity contribution is 5.24. The Kier molecular flexibility index (Phi) is 5.69. The SMILES string of the molecule is C[C@]1(CC#N)CC[C@@H](NCc2cccc(CC(F)(F)F)c2)CC1. The number of rotatable bonds is 5. The Morgan fingerprint density at radius 1 is 1.26 bits per heavy atom. The first-order valence-corrected chi connectivity index (χ1v) is 8.05. The van der Waals surface area contributed by atoms with E-state index in [2.05, 4.69) is 18.3 Å². The summed E-state index contributed by atoms with van der Waals surface area (Å²) in [6, 6.07) is 9.33. The molecule has 0 amide bonds. The lowest BCUT2D eigenvalue weighted by molar-refractivity contribution is -0.127. The van der Waals surface area contributed by atoms with Gasteiger partial charge in [-0.3, -0.25) is 0 Å². The van der Waals surface area contributed by atoms with Crippen molar-refractivity contribution in [3.05, 3.63) is 35.4 Å². The number of benzene rings is 1. The molecule has 2 nitrogen and oxygen atoms in total. The highest BCUT2D eigenvalue weighted by atomic mass is 19.4. The topological polar surface area (TPSA) is 35.8 Å². The maximum Gasteiger partial charge on any atom is 0.393 e. The third-order valence-electron chi connectivity index (χ3n) is 4.69. The van der Waals surface area contributed by atoms with Crippen LogP contribution in [0.25, 0.3) is 0 Å². The molecular weight excluding hydrogens is 301 g/mol. The van der Waals surface area contributed by atoms with Crippen molar-refractivity contribution >= 4 is 0 Å². The molecule has 2 rings (SSSR count).